The monoisotopic (exact) mass is 236 g/mol. The Bertz CT molecular complexity index is 387. The van der Waals surface area contributed by atoms with E-state index in [0.717, 1.165) is 0 Å². The average molecular weight is 236 g/mol. The summed E-state index contributed by atoms with van der Waals surface area (Å²) in [6.45, 7) is 2.03. The minimum atomic E-state index is -0.145. The number of carbonyl (C=O) groups is 2. The molecule has 0 spiro atoms. The lowest BCUT2D eigenvalue weighted by atomic mass is 10.1. The zero-order chi connectivity index (χ0) is 12.7. The third kappa shape index (κ3) is 4.76. The first-order valence-electron chi connectivity index (χ1n) is 5.36. The van der Waals surface area contributed by atoms with Crippen molar-refractivity contribution >= 4 is 17.4 Å². The largest absolute Gasteiger partial charge is 0.395 e. The molecule has 5 nitrogen and oxygen atoms in total. The molecule has 92 valence electrons. The van der Waals surface area contributed by atoms with Crippen molar-refractivity contribution in [1.29, 1.82) is 0 Å². The molecule has 1 aromatic rings. The zero-order valence-corrected chi connectivity index (χ0v) is 9.69. The maximum Gasteiger partial charge on any atom is 0.221 e. The molecule has 17 heavy (non-hydrogen) atoms. The van der Waals surface area contributed by atoms with Crippen molar-refractivity contribution in [3.8, 4) is 0 Å². The fraction of sp³-hybridized carbons (Fsp3) is 0.333. The summed E-state index contributed by atoms with van der Waals surface area (Å²) >= 11 is 0. The van der Waals surface area contributed by atoms with E-state index in [-0.39, 0.29) is 24.8 Å². The van der Waals surface area contributed by atoms with E-state index < -0.39 is 0 Å². The second-order valence-corrected chi connectivity index (χ2v) is 3.58. The Hall–Kier alpha value is -1.72. The first-order chi connectivity index (χ1) is 8.13. The molecule has 5 heteroatoms. The summed E-state index contributed by atoms with van der Waals surface area (Å²) in [6, 6.07) is 6.68. The van der Waals surface area contributed by atoms with Gasteiger partial charge >= 0.3 is 0 Å². The lowest BCUT2D eigenvalue weighted by Gasteiger charge is -2.04. The number of carbonyl (C=O) groups excluding carboxylic acids is 2. The van der Waals surface area contributed by atoms with Crippen LogP contribution in [0.3, 0.4) is 0 Å². The number of rotatable bonds is 6. The number of ketones is 1. The van der Waals surface area contributed by atoms with Crippen molar-refractivity contribution in [2.75, 3.05) is 25.0 Å². The van der Waals surface area contributed by atoms with Gasteiger partial charge in [-0.15, -0.1) is 0 Å². The van der Waals surface area contributed by atoms with Gasteiger partial charge in [-0.25, -0.2) is 0 Å². The van der Waals surface area contributed by atoms with Gasteiger partial charge in [-0.1, -0.05) is 0 Å². The number of hydrogen-bond donors (Lipinski definition) is 3. The lowest BCUT2D eigenvalue weighted by Crippen LogP contribution is -2.25. The Kier molecular flexibility index (Phi) is 5.32. The molecule has 0 aliphatic heterocycles. The van der Waals surface area contributed by atoms with Crippen LogP contribution in [0, 0.1) is 0 Å². The molecule has 0 aromatic heterocycles. The van der Waals surface area contributed by atoms with Crippen molar-refractivity contribution in [2.45, 2.75) is 6.92 Å². The predicted octanol–water partition coefficient (Wildman–Crippen LogP) is 0.410. The lowest BCUT2D eigenvalue weighted by molar-refractivity contribution is -0.114. The summed E-state index contributed by atoms with van der Waals surface area (Å²) in [7, 11) is 0. The summed E-state index contributed by atoms with van der Waals surface area (Å²) in [5.74, 6) is -0.193. The smallest absolute Gasteiger partial charge is 0.221 e. The highest BCUT2D eigenvalue weighted by molar-refractivity contribution is 5.98. The minimum Gasteiger partial charge on any atom is -0.395 e. The third-order valence-corrected chi connectivity index (χ3v) is 2.10. The number of nitrogens with one attached hydrogen (secondary N) is 2. The minimum absolute atomic E-state index is 0.00868. The fourth-order valence-corrected chi connectivity index (χ4v) is 1.33. The number of amides is 1. The SMILES string of the molecule is CC(=O)Nc1ccc(C(=O)CNCCO)cc1. The molecule has 0 bridgehead atoms. The van der Waals surface area contributed by atoms with Crippen LogP contribution in [-0.4, -0.2) is 36.5 Å². The van der Waals surface area contributed by atoms with E-state index in [4.69, 9.17) is 5.11 Å². The Labute approximate surface area is 99.8 Å². The molecule has 1 aromatic carbocycles. The van der Waals surface area contributed by atoms with Crippen LogP contribution in [-0.2, 0) is 4.79 Å². The number of Topliss-reactive ketones (excluding diaryl/α,β-unsaturated/α-hetero) is 1. The van der Waals surface area contributed by atoms with Crippen molar-refractivity contribution < 1.29 is 14.7 Å². The van der Waals surface area contributed by atoms with Crippen LogP contribution < -0.4 is 10.6 Å². The van der Waals surface area contributed by atoms with E-state index in [2.05, 4.69) is 10.6 Å². The molecule has 0 aliphatic rings. The molecule has 0 saturated carbocycles. The fourth-order valence-electron chi connectivity index (χ4n) is 1.33. The molecule has 0 fully saturated rings. The van der Waals surface area contributed by atoms with Gasteiger partial charge in [0.05, 0.1) is 13.2 Å². The number of hydrogen-bond acceptors (Lipinski definition) is 4. The number of aliphatic hydroxyl groups excluding tert-OH is 1. The molecule has 0 saturated heterocycles. The molecule has 0 atom stereocenters. The highest BCUT2D eigenvalue weighted by Crippen LogP contribution is 2.09. The highest BCUT2D eigenvalue weighted by atomic mass is 16.3. The van der Waals surface area contributed by atoms with Crippen LogP contribution in [0.2, 0.25) is 0 Å². The summed E-state index contributed by atoms with van der Waals surface area (Å²) in [5.41, 5.74) is 1.24. The van der Waals surface area contributed by atoms with E-state index in [9.17, 15) is 9.59 Å². The average Bonchev–Trinajstić information content (AvgIpc) is 2.29. The quantitative estimate of drug-likeness (QED) is 0.494. The Morgan fingerprint density at radius 2 is 1.88 bits per heavy atom. The second-order valence-electron chi connectivity index (χ2n) is 3.58. The zero-order valence-electron chi connectivity index (χ0n) is 9.69. The number of benzene rings is 1. The summed E-state index contributed by atoms with van der Waals surface area (Å²) in [4.78, 5) is 22.4. The molecule has 1 amide bonds. The standard InChI is InChI=1S/C12H16N2O3/c1-9(16)14-11-4-2-10(3-5-11)12(17)8-13-6-7-15/h2-5,13,15H,6-8H2,1H3,(H,14,16). The number of aliphatic hydroxyl groups is 1. The van der Waals surface area contributed by atoms with Crippen molar-refractivity contribution in [2.24, 2.45) is 0 Å². The maximum absolute atomic E-state index is 11.6. The van der Waals surface area contributed by atoms with Gasteiger partial charge in [0.25, 0.3) is 0 Å². The molecule has 0 heterocycles. The van der Waals surface area contributed by atoms with Gasteiger partial charge in [0.1, 0.15) is 0 Å². The van der Waals surface area contributed by atoms with Gasteiger partial charge in [-0.05, 0) is 24.3 Å². The van der Waals surface area contributed by atoms with Crippen LogP contribution >= 0.6 is 0 Å². The van der Waals surface area contributed by atoms with Gasteiger partial charge in [0, 0.05) is 24.7 Å². The van der Waals surface area contributed by atoms with Gasteiger partial charge in [0.15, 0.2) is 5.78 Å². The molecule has 0 radical (unpaired) electrons. The van der Waals surface area contributed by atoms with Gasteiger partial charge in [-0.2, -0.15) is 0 Å². The summed E-state index contributed by atoms with van der Waals surface area (Å²) in [5, 5.41) is 14.0. The van der Waals surface area contributed by atoms with E-state index in [1.54, 1.807) is 24.3 Å². The topological polar surface area (TPSA) is 78.4 Å². The Balaban J connectivity index is 2.54. The van der Waals surface area contributed by atoms with E-state index in [1.807, 2.05) is 0 Å². The summed E-state index contributed by atoms with van der Waals surface area (Å²) < 4.78 is 0. The predicted molar refractivity (Wildman–Crippen MR) is 65.0 cm³/mol. The third-order valence-electron chi connectivity index (χ3n) is 2.10. The number of anilines is 1. The highest BCUT2D eigenvalue weighted by Gasteiger charge is 2.05. The van der Waals surface area contributed by atoms with Gasteiger partial charge in [0.2, 0.25) is 5.91 Å². The normalized spacial score (nSPS) is 10.0. The Morgan fingerprint density at radius 3 is 2.41 bits per heavy atom. The van der Waals surface area contributed by atoms with Gasteiger partial charge < -0.3 is 15.7 Å². The van der Waals surface area contributed by atoms with Crippen LogP contribution in [0.1, 0.15) is 17.3 Å². The van der Waals surface area contributed by atoms with Crippen molar-refractivity contribution in [1.82, 2.24) is 5.32 Å². The summed E-state index contributed by atoms with van der Waals surface area (Å²) in [6.07, 6.45) is 0. The van der Waals surface area contributed by atoms with Crippen LogP contribution in [0.5, 0.6) is 0 Å². The van der Waals surface area contributed by atoms with Crippen LogP contribution in [0.4, 0.5) is 5.69 Å². The van der Waals surface area contributed by atoms with Crippen molar-refractivity contribution in [3.05, 3.63) is 29.8 Å². The first kappa shape index (κ1) is 13.3. The van der Waals surface area contributed by atoms with E-state index in [0.29, 0.717) is 17.8 Å². The van der Waals surface area contributed by atoms with Crippen molar-refractivity contribution in [3.63, 3.8) is 0 Å². The van der Waals surface area contributed by atoms with E-state index in [1.165, 1.54) is 6.92 Å². The molecule has 0 unspecified atom stereocenters. The Morgan fingerprint density at radius 1 is 1.24 bits per heavy atom. The van der Waals surface area contributed by atoms with E-state index >= 15 is 0 Å². The second kappa shape index (κ2) is 6.78. The molecule has 0 aliphatic carbocycles. The first-order valence-corrected chi connectivity index (χ1v) is 5.36. The molecular formula is C12H16N2O3. The molecule has 3 N–H and O–H groups in total. The van der Waals surface area contributed by atoms with Gasteiger partial charge in [-0.3, -0.25) is 9.59 Å². The molecular weight excluding hydrogens is 220 g/mol. The van der Waals surface area contributed by atoms with Crippen LogP contribution in [0.15, 0.2) is 24.3 Å². The molecule has 1 rings (SSSR count). The maximum atomic E-state index is 11.6. The van der Waals surface area contributed by atoms with Crippen LogP contribution in [0.25, 0.3) is 0 Å².